The van der Waals surface area contributed by atoms with Crippen molar-refractivity contribution < 1.29 is 28.7 Å². The van der Waals surface area contributed by atoms with E-state index >= 15 is 0 Å². The Morgan fingerprint density at radius 3 is 1.19 bits per heavy atom. The molecule has 6 heteroatoms. The van der Waals surface area contributed by atoms with Crippen LogP contribution in [0.25, 0.3) is 0 Å². The molecule has 0 radical (unpaired) electrons. The molecule has 0 amide bonds. The SMILES string of the molecule is CC(C)CC(=O)OC(=O)CC(C)C.CCCCC(=O)OC(=O)CCCC. The van der Waals surface area contributed by atoms with Gasteiger partial charge in [-0.3, -0.25) is 19.2 Å². The first kappa shape index (κ1) is 26.5. The molecule has 0 bridgehead atoms. The molecule has 0 fully saturated rings. The normalized spacial score (nSPS) is 10.2. The highest BCUT2D eigenvalue weighted by molar-refractivity contribution is 5.85. The predicted octanol–water partition coefficient (Wildman–Crippen LogP) is 4.59. The molecule has 0 N–H and O–H groups in total. The monoisotopic (exact) mass is 372 g/mol. The van der Waals surface area contributed by atoms with Crippen molar-refractivity contribution in [1.82, 2.24) is 0 Å². The van der Waals surface area contributed by atoms with Crippen LogP contribution in [0.5, 0.6) is 0 Å². The zero-order chi connectivity index (χ0) is 20.5. The summed E-state index contributed by atoms with van der Waals surface area (Å²) in [6.45, 7) is 11.6. The van der Waals surface area contributed by atoms with E-state index in [1.807, 2.05) is 41.5 Å². The summed E-state index contributed by atoms with van der Waals surface area (Å²) in [5.74, 6) is -1.13. The Morgan fingerprint density at radius 2 is 0.923 bits per heavy atom. The maximum absolute atomic E-state index is 11.0. The Bertz CT molecular complexity index is 388. The number of hydrogen-bond donors (Lipinski definition) is 0. The van der Waals surface area contributed by atoms with Gasteiger partial charge in [0.1, 0.15) is 0 Å². The Morgan fingerprint density at radius 1 is 0.615 bits per heavy atom. The smallest absolute Gasteiger partial charge is 0.313 e. The van der Waals surface area contributed by atoms with E-state index in [0.717, 1.165) is 25.7 Å². The number of rotatable bonds is 10. The lowest BCUT2D eigenvalue weighted by atomic mass is 10.1. The van der Waals surface area contributed by atoms with Crippen LogP contribution in [0.4, 0.5) is 0 Å². The molecule has 0 aromatic heterocycles. The largest absolute Gasteiger partial charge is 0.393 e. The van der Waals surface area contributed by atoms with E-state index in [1.54, 1.807) is 0 Å². The molecule has 0 aliphatic carbocycles. The van der Waals surface area contributed by atoms with Crippen LogP contribution in [0.15, 0.2) is 0 Å². The number of carbonyl (C=O) groups excluding carboxylic acids is 4. The maximum atomic E-state index is 11.0. The Hall–Kier alpha value is -1.72. The van der Waals surface area contributed by atoms with Gasteiger partial charge in [-0.25, -0.2) is 0 Å². The van der Waals surface area contributed by atoms with Crippen molar-refractivity contribution in [2.24, 2.45) is 11.8 Å². The molecule has 0 aromatic carbocycles. The second-order valence-corrected chi connectivity index (χ2v) is 7.10. The molecule has 0 atom stereocenters. The first-order valence-corrected chi connectivity index (χ1v) is 9.59. The van der Waals surface area contributed by atoms with Crippen molar-refractivity contribution in [1.29, 1.82) is 0 Å². The number of ether oxygens (including phenoxy) is 2. The summed E-state index contributed by atoms with van der Waals surface area (Å²) in [5.41, 5.74) is 0. The molecule has 26 heavy (non-hydrogen) atoms. The lowest BCUT2D eigenvalue weighted by Crippen LogP contribution is -2.15. The third-order valence-corrected chi connectivity index (χ3v) is 3.07. The lowest BCUT2D eigenvalue weighted by molar-refractivity contribution is -0.162. The highest BCUT2D eigenvalue weighted by Crippen LogP contribution is 2.05. The first-order valence-electron chi connectivity index (χ1n) is 9.59. The summed E-state index contributed by atoms with van der Waals surface area (Å²) in [6.07, 6.45) is 4.80. The van der Waals surface area contributed by atoms with Crippen LogP contribution in [0.3, 0.4) is 0 Å². The first-order chi connectivity index (χ1) is 12.1. The molecule has 0 saturated carbocycles. The van der Waals surface area contributed by atoms with E-state index in [9.17, 15) is 19.2 Å². The van der Waals surface area contributed by atoms with Crippen molar-refractivity contribution in [3.8, 4) is 0 Å². The van der Waals surface area contributed by atoms with Crippen LogP contribution in [-0.2, 0) is 28.7 Å². The number of carbonyl (C=O) groups is 4. The second-order valence-electron chi connectivity index (χ2n) is 7.10. The summed E-state index contributed by atoms with van der Waals surface area (Å²) in [6, 6.07) is 0. The van der Waals surface area contributed by atoms with Crippen LogP contribution >= 0.6 is 0 Å². The highest BCUT2D eigenvalue weighted by Gasteiger charge is 2.13. The Kier molecular flexibility index (Phi) is 17.1. The van der Waals surface area contributed by atoms with Crippen LogP contribution in [0, 0.1) is 11.8 Å². The Labute approximate surface area is 158 Å². The maximum Gasteiger partial charge on any atom is 0.313 e. The summed E-state index contributed by atoms with van der Waals surface area (Å²) >= 11 is 0. The minimum Gasteiger partial charge on any atom is -0.393 e. The fourth-order valence-electron chi connectivity index (χ4n) is 1.75. The van der Waals surface area contributed by atoms with Crippen LogP contribution in [0.2, 0.25) is 0 Å². The van der Waals surface area contributed by atoms with E-state index < -0.39 is 11.9 Å². The molecular formula is C20H36O6. The molecule has 0 aromatic rings. The fourth-order valence-corrected chi connectivity index (χ4v) is 1.75. The van der Waals surface area contributed by atoms with Gasteiger partial charge in [-0.2, -0.15) is 0 Å². The van der Waals surface area contributed by atoms with Crippen molar-refractivity contribution in [3.05, 3.63) is 0 Å². The summed E-state index contributed by atoms with van der Waals surface area (Å²) in [7, 11) is 0. The number of unbranched alkanes of at least 4 members (excludes halogenated alkanes) is 2. The van der Waals surface area contributed by atoms with Gasteiger partial charge >= 0.3 is 23.9 Å². The van der Waals surface area contributed by atoms with Crippen LogP contribution in [0.1, 0.15) is 92.9 Å². The van der Waals surface area contributed by atoms with Crippen LogP contribution < -0.4 is 0 Å². The van der Waals surface area contributed by atoms with Crippen molar-refractivity contribution in [2.45, 2.75) is 92.9 Å². The quantitative estimate of drug-likeness (QED) is 0.412. The molecule has 0 aliphatic rings. The zero-order valence-corrected chi connectivity index (χ0v) is 17.3. The molecule has 0 aliphatic heterocycles. The van der Waals surface area contributed by atoms with Gasteiger partial charge in [0.25, 0.3) is 0 Å². The molecule has 0 unspecified atom stereocenters. The average Bonchev–Trinajstić information content (AvgIpc) is 2.49. The predicted molar refractivity (Wildman–Crippen MR) is 100 cm³/mol. The second kappa shape index (κ2) is 16.7. The highest BCUT2D eigenvalue weighted by atomic mass is 16.6. The third kappa shape index (κ3) is 20.3. The lowest BCUT2D eigenvalue weighted by Gasteiger charge is -2.06. The standard InChI is InChI=1S/2C10H18O3/c1-7(2)5-9(11)13-10(12)6-8(3)4;1-3-5-7-9(11)13-10(12)8-6-4-2/h7-8H,5-6H2,1-4H3;3-8H2,1-2H3. The molecular weight excluding hydrogens is 336 g/mol. The van der Waals surface area contributed by atoms with Crippen molar-refractivity contribution >= 4 is 23.9 Å². The summed E-state index contributed by atoms with van der Waals surface area (Å²) in [4.78, 5) is 43.9. The summed E-state index contributed by atoms with van der Waals surface area (Å²) in [5, 5.41) is 0. The van der Waals surface area contributed by atoms with Crippen molar-refractivity contribution in [2.75, 3.05) is 0 Å². The van der Waals surface area contributed by atoms with Gasteiger partial charge in [0.05, 0.1) is 0 Å². The molecule has 0 heterocycles. The fraction of sp³-hybridized carbons (Fsp3) is 0.800. The summed E-state index contributed by atoms with van der Waals surface area (Å²) < 4.78 is 9.17. The van der Waals surface area contributed by atoms with Gasteiger partial charge in [-0.05, 0) is 24.7 Å². The van der Waals surface area contributed by atoms with E-state index in [1.165, 1.54) is 0 Å². The third-order valence-electron chi connectivity index (χ3n) is 3.07. The zero-order valence-electron chi connectivity index (χ0n) is 17.3. The topological polar surface area (TPSA) is 86.7 Å². The van der Waals surface area contributed by atoms with Gasteiger partial charge in [0.2, 0.25) is 0 Å². The van der Waals surface area contributed by atoms with Gasteiger partial charge in [-0.15, -0.1) is 0 Å². The number of esters is 4. The Balaban J connectivity index is 0. The molecule has 6 nitrogen and oxygen atoms in total. The van der Waals surface area contributed by atoms with Gasteiger partial charge in [0, 0.05) is 25.7 Å². The van der Waals surface area contributed by atoms with Gasteiger partial charge < -0.3 is 9.47 Å². The van der Waals surface area contributed by atoms with E-state index in [-0.39, 0.29) is 23.8 Å². The molecule has 0 spiro atoms. The van der Waals surface area contributed by atoms with E-state index in [2.05, 4.69) is 9.47 Å². The van der Waals surface area contributed by atoms with Crippen molar-refractivity contribution in [3.63, 3.8) is 0 Å². The van der Waals surface area contributed by atoms with Gasteiger partial charge in [-0.1, -0.05) is 54.4 Å². The van der Waals surface area contributed by atoms with Crippen LogP contribution in [-0.4, -0.2) is 23.9 Å². The molecule has 152 valence electrons. The molecule has 0 rings (SSSR count). The minimum atomic E-state index is -0.416. The number of hydrogen-bond acceptors (Lipinski definition) is 6. The molecule has 0 saturated heterocycles. The van der Waals surface area contributed by atoms with E-state index in [4.69, 9.17) is 0 Å². The minimum absolute atomic E-state index is 0.236. The van der Waals surface area contributed by atoms with Gasteiger partial charge in [0.15, 0.2) is 0 Å². The average molecular weight is 373 g/mol. The van der Waals surface area contributed by atoms with E-state index in [0.29, 0.717) is 25.7 Å².